The molecule has 4 rings (SSSR count). The molecule has 1 heterocycles. The van der Waals surface area contributed by atoms with Gasteiger partial charge in [-0.15, -0.1) is 0 Å². The van der Waals surface area contributed by atoms with Crippen molar-refractivity contribution in [2.75, 3.05) is 45.4 Å². The first-order valence-corrected chi connectivity index (χ1v) is 16.7. The van der Waals surface area contributed by atoms with Crippen molar-refractivity contribution < 1.29 is 21.6 Å². The molecule has 9 nitrogen and oxygen atoms in total. The summed E-state index contributed by atoms with van der Waals surface area (Å²) in [5.74, 6) is -0.337. The Balaban J connectivity index is 1.65. The third-order valence-electron chi connectivity index (χ3n) is 6.88. The minimum atomic E-state index is -3.68. The van der Waals surface area contributed by atoms with Gasteiger partial charge in [-0.1, -0.05) is 36.7 Å². The number of carbonyl (C=O) groups excluding carboxylic acids is 1. The Morgan fingerprint density at radius 3 is 2.21 bits per heavy atom. The smallest absolute Gasteiger partial charge is 0.260 e. The third kappa shape index (κ3) is 6.09. The van der Waals surface area contributed by atoms with Crippen molar-refractivity contribution in [3.63, 3.8) is 0 Å². The standard InChI is InChI=1S/C26H34N4O5S3/c1-28(2)17-18-30(26-27-24-22(36-26)11-8-12-23(24)37(4,32)33)25(31)19-13-15-21(16-14-19)38(34,35)29(3)20-9-6-5-7-10-20/h8,11-16,20H,5-7,9-10,17-18H2,1-4H3. The molecule has 1 fully saturated rings. The van der Waals surface area contributed by atoms with Gasteiger partial charge in [0, 0.05) is 38.0 Å². The van der Waals surface area contributed by atoms with E-state index < -0.39 is 19.9 Å². The molecule has 0 saturated heterocycles. The Morgan fingerprint density at radius 2 is 1.61 bits per heavy atom. The fourth-order valence-corrected chi connectivity index (χ4v) is 7.97. The van der Waals surface area contributed by atoms with Gasteiger partial charge in [0.15, 0.2) is 15.0 Å². The number of nitrogens with zero attached hydrogens (tertiary/aromatic N) is 4. The van der Waals surface area contributed by atoms with Crippen LogP contribution in [0.15, 0.2) is 52.3 Å². The van der Waals surface area contributed by atoms with Crippen LogP contribution < -0.4 is 4.90 Å². The Labute approximate surface area is 229 Å². The van der Waals surface area contributed by atoms with Gasteiger partial charge < -0.3 is 4.90 Å². The molecule has 1 amide bonds. The minimum Gasteiger partial charge on any atom is -0.308 e. The van der Waals surface area contributed by atoms with E-state index in [0.29, 0.717) is 34.0 Å². The molecule has 1 aliphatic rings. The molecule has 206 valence electrons. The third-order valence-corrected chi connectivity index (χ3v) is 11.0. The van der Waals surface area contributed by atoms with Crippen LogP contribution in [0.4, 0.5) is 5.13 Å². The number of hydrogen-bond acceptors (Lipinski definition) is 8. The summed E-state index contributed by atoms with van der Waals surface area (Å²) in [6.45, 7) is 0.879. The minimum absolute atomic E-state index is 0.00700. The van der Waals surface area contributed by atoms with Gasteiger partial charge in [-0.05, 0) is 63.3 Å². The van der Waals surface area contributed by atoms with Crippen LogP contribution in [0.1, 0.15) is 42.5 Å². The van der Waals surface area contributed by atoms with E-state index in [4.69, 9.17) is 0 Å². The fourth-order valence-electron chi connectivity index (χ4n) is 4.64. The summed E-state index contributed by atoms with van der Waals surface area (Å²) in [6, 6.07) is 11.0. The van der Waals surface area contributed by atoms with Crippen molar-refractivity contribution in [1.29, 1.82) is 0 Å². The molecule has 0 radical (unpaired) electrons. The molecule has 0 atom stereocenters. The Morgan fingerprint density at radius 1 is 0.947 bits per heavy atom. The van der Waals surface area contributed by atoms with Crippen LogP contribution in [0.2, 0.25) is 0 Å². The largest absolute Gasteiger partial charge is 0.308 e. The summed E-state index contributed by atoms with van der Waals surface area (Å²) in [6.07, 6.45) is 6.04. The normalized spacial score (nSPS) is 15.4. The van der Waals surface area contributed by atoms with E-state index in [-0.39, 0.29) is 21.7 Å². The zero-order chi connectivity index (χ0) is 27.7. The predicted octanol–water partition coefficient (Wildman–Crippen LogP) is 3.86. The molecular formula is C26H34N4O5S3. The van der Waals surface area contributed by atoms with Crippen LogP contribution in [0.5, 0.6) is 0 Å². The summed E-state index contributed by atoms with van der Waals surface area (Å²) in [7, 11) is -1.76. The molecule has 12 heteroatoms. The molecular weight excluding hydrogens is 545 g/mol. The lowest BCUT2D eigenvalue weighted by Gasteiger charge is -2.30. The predicted molar refractivity (Wildman–Crippen MR) is 151 cm³/mol. The number of para-hydroxylation sites is 1. The Kier molecular flexibility index (Phi) is 8.58. The van der Waals surface area contributed by atoms with E-state index in [1.165, 1.54) is 50.9 Å². The monoisotopic (exact) mass is 578 g/mol. The van der Waals surface area contributed by atoms with Gasteiger partial charge in [0.25, 0.3) is 5.91 Å². The molecule has 1 aliphatic carbocycles. The first-order chi connectivity index (χ1) is 17.9. The zero-order valence-electron chi connectivity index (χ0n) is 22.1. The van der Waals surface area contributed by atoms with E-state index in [9.17, 15) is 21.6 Å². The summed E-state index contributed by atoms with van der Waals surface area (Å²) in [4.78, 5) is 21.9. The van der Waals surface area contributed by atoms with Gasteiger partial charge in [-0.25, -0.2) is 21.8 Å². The van der Waals surface area contributed by atoms with Crippen molar-refractivity contribution in [1.82, 2.24) is 14.2 Å². The number of rotatable bonds is 9. The number of amides is 1. The number of fused-ring (bicyclic) bond motifs is 1. The number of aromatic nitrogens is 1. The number of likely N-dealkylation sites (N-methyl/N-ethyl adjacent to an activating group) is 1. The lowest BCUT2D eigenvalue weighted by molar-refractivity contribution is 0.0985. The second kappa shape index (κ2) is 11.4. The molecule has 38 heavy (non-hydrogen) atoms. The second-order valence-corrected chi connectivity index (χ2v) is 15.0. The second-order valence-electron chi connectivity index (χ2n) is 9.97. The highest BCUT2D eigenvalue weighted by atomic mass is 32.2. The maximum atomic E-state index is 13.7. The number of sulfonamides is 1. The van der Waals surface area contributed by atoms with Crippen LogP contribution in [-0.4, -0.2) is 83.5 Å². The van der Waals surface area contributed by atoms with Gasteiger partial charge in [-0.3, -0.25) is 9.69 Å². The molecule has 3 aromatic rings. The molecule has 0 N–H and O–H groups in total. The van der Waals surface area contributed by atoms with Crippen molar-refractivity contribution in [3.8, 4) is 0 Å². The molecule has 2 aromatic carbocycles. The zero-order valence-corrected chi connectivity index (χ0v) is 24.6. The van der Waals surface area contributed by atoms with Crippen LogP contribution in [0, 0.1) is 0 Å². The van der Waals surface area contributed by atoms with Gasteiger partial charge in [0.05, 0.1) is 14.5 Å². The van der Waals surface area contributed by atoms with Crippen molar-refractivity contribution in [3.05, 3.63) is 48.0 Å². The quantitative estimate of drug-likeness (QED) is 0.379. The van der Waals surface area contributed by atoms with Gasteiger partial charge >= 0.3 is 0 Å². The number of benzene rings is 2. The van der Waals surface area contributed by atoms with Crippen LogP contribution in [0.25, 0.3) is 10.2 Å². The fraction of sp³-hybridized carbons (Fsp3) is 0.462. The first kappa shape index (κ1) is 28.6. The summed E-state index contributed by atoms with van der Waals surface area (Å²) >= 11 is 1.25. The summed E-state index contributed by atoms with van der Waals surface area (Å²) < 4.78 is 53.1. The van der Waals surface area contributed by atoms with Crippen LogP contribution in [0.3, 0.4) is 0 Å². The molecule has 0 spiro atoms. The van der Waals surface area contributed by atoms with Crippen molar-refractivity contribution >= 4 is 52.5 Å². The molecule has 1 aromatic heterocycles. The Bertz CT molecular complexity index is 1510. The van der Waals surface area contributed by atoms with E-state index in [1.54, 1.807) is 19.2 Å². The number of thiazole rings is 1. The van der Waals surface area contributed by atoms with Crippen molar-refractivity contribution in [2.24, 2.45) is 0 Å². The highest BCUT2D eigenvalue weighted by Crippen LogP contribution is 2.33. The highest BCUT2D eigenvalue weighted by Gasteiger charge is 2.30. The van der Waals surface area contributed by atoms with Gasteiger partial charge in [-0.2, -0.15) is 4.31 Å². The average Bonchev–Trinajstić information content (AvgIpc) is 3.32. The lowest BCUT2D eigenvalue weighted by Crippen LogP contribution is -2.38. The summed E-state index contributed by atoms with van der Waals surface area (Å²) in [5.41, 5.74) is 0.662. The first-order valence-electron chi connectivity index (χ1n) is 12.5. The molecule has 0 bridgehead atoms. The SMILES string of the molecule is CN(C)CCN(C(=O)c1ccc(S(=O)(=O)N(C)C2CCCCC2)cc1)c1nc2c(S(C)(=O)=O)cccc2s1. The summed E-state index contributed by atoms with van der Waals surface area (Å²) in [5, 5.41) is 0.386. The molecule has 0 unspecified atom stereocenters. The van der Waals surface area contributed by atoms with E-state index in [1.807, 2.05) is 19.0 Å². The van der Waals surface area contributed by atoms with Crippen LogP contribution in [-0.2, 0) is 19.9 Å². The maximum absolute atomic E-state index is 13.7. The number of sulfone groups is 1. The van der Waals surface area contributed by atoms with E-state index in [2.05, 4.69) is 4.98 Å². The van der Waals surface area contributed by atoms with E-state index in [0.717, 1.165) is 38.4 Å². The van der Waals surface area contributed by atoms with Gasteiger partial charge in [0.2, 0.25) is 10.0 Å². The molecule has 1 saturated carbocycles. The average molecular weight is 579 g/mol. The van der Waals surface area contributed by atoms with Crippen LogP contribution >= 0.6 is 11.3 Å². The number of anilines is 1. The van der Waals surface area contributed by atoms with Gasteiger partial charge in [0.1, 0.15) is 5.52 Å². The maximum Gasteiger partial charge on any atom is 0.260 e. The van der Waals surface area contributed by atoms with Crippen molar-refractivity contribution in [2.45, 2.75) is 47.9 Å². The molecule has 0 aliphatic heterocycles. The highest BCUT2D eigenvalue weighted by molar-refractivity contribution is 7.91. The van der Waals surface area contributed by atoms with E-state index >= 15 is 0 Å². The Hall–Kier alpha value is -2.38. The number of hydrogen-bond donors (Lipinski definition) is 0. The number of carbonyl (C=O) groups is 1. The topological polar surface area (TPSA) is 108 Å². The lowest BCUT2D eigenvalue weighted by atomic mass is 9.96.